The topological polar surface area (TPSA) is 261 Å². The van der Waals surface area contributed by atoms with Gasteiger partial charge < -0.3 is 19.4 Å². The molecule has 0 amide bonds. The van der Waals surface area contributed by atoms with Crippen LogP contribution < -0.4 is 0 Å². The van der Waals surface area contributed by atoms with Gasteiger partial charge in [0, 0.05) is 11.1 Å². The Morgan fingerprint density at radius 1 is 0.587 bits per heavy atom. The second-order valence-corrected chi connectivity index (χ2v) is 9.14. The molecule has 0 radical (unpaired) electrons. The number of hydrogen-bond acceptors (Lipinski definition) is 15. The molecule has 0 unspecified atom stereocenters. The molecular weight excluding hydrogens is 620 g/mol. The minimum Gasteiger partial charge on any atom is -0.311 e. The summed E-state index contributed by atoms with van der Waals surface area (Å²) in [6, 6.07) is 25.2. The first-order valence-corrected chi connectivity index (χ1v) is 12.9. The van der Waals surface area contributed by atoms with E-state index in [1.54, 1.807) is 24.3 Å². The summed E-state index contributed by atoms with van der Waals surface area (Å²) in [5.74, 6) is -3.07. The number of carbonyl (C=O) groups is 3. The molecule has 4 rings (SSSR count). The van der Waals surface area contributed by atoms with Crippen molar-refractivity contribution in [2.24, 2.45) is 5.92 Å². The summed E-state index contributed by atoms with van der Waals surface area (Å²) in [6.45, 7) is -2.29. The van der Waals surface area contributed by atoms with Crippen LogP contribution >= 0.6 is 0 Å². The van der Waals surface area contributed by atoms with Crippen molar-refractivity contribution in [3.8, 4) is 0 Å². The first-order valence-electron chi connectivity index (χ1n) is 12.9. The molecule has 19 heteroatoms. The Morgan fingerprint density at radius 3 is 1.26 bits per heavy atom. The first kappa shape index (κ1) is 34.0. The van der Waals surface area contributed by atoms with Crippen LogP contribution in [0.1, 0.15) is 37.8 Å². The summed E-state index contributed by atoms with van der Waals surface area (Å²) < 4.78 is 0. The van der Waals surface area contributed by atoms with Gasteiger partial charge in [-0.25, -0.2) is 0 Å². The van der Waals surface area contributed by atoms with E-state index < -0.39 is 69.2 Å². The number of hydrogen-bond donors (Lipinski definition) is 0. The molecule has 0 saturated heterocycles. The molecule has 1 aliphatic carbocycles. The van der Waals surface area contributed by atoms with Crippen LogP contribution in [0.25, 0.3) is 0 Å². The van der Waals surface area contributed by atoms with Crippen LogP contribution in [-0.4, -0.2) is 63.1 Å². The highest BCUT2D eigenvalue weighted by Crippen LogP contribution is 2.34. The summed E-state index contributed by atoms with van der Waals surface area (Å²) in [5, 5.41) is 34.6. The van der Waals surface area contributed by atoms with Crippen LogP contribution in [0.4, 0.5) is 0 Å². The van der Waals surface area contributed by atoms with Crippen molar-refractivity contribution in [2.45, 2.75) is 18.1 Å². The zero-order valence-corrected chi connectivity index (χ0v) is 23.2. The molecular formula is C27H22N4O15. The van der Waals surface area contributed by atoms with Gasteiger partial charge in [0.15, 0.2) is 29.6 Å². The van der Waals surface area contributed by atoms with Gasteiger partial charge in [0.25, 0.3) is 20.3 Å². The van der Waals surface area contributed by atoms with Gasteiger partial charge in [0.05, 0.1) is 5.92 Å². The largest absolute Gasteiger partial charge is 0.311 e. The Kier molecular flexibility index (Phi) is 11.7. The lowest BCUT2D eigenvalue weighted by Crippen LogP contribution is -2.42. The number of fused-ring (bicyclic) bond motifs is 1. The van der Waals surface area contributed by atoms with Gasteiger partial charge >= 0.3 is 0 Å². The zero-order chi connectivity index (χ0) is 33.8. The highest BCUT2D eigenvalue weighted by atomic mass is 17.0. The molecule has 3 aromatic carbocycles. The van der Waals surface area contributed by atoms with Crippen LogP contribution in [0.5, 0.6) is 0 Å². The number of Topliss-reactive ketones (excluding diaryl/α,β-unsaturated/α-hetero) is 3. The number of benzene rings is 3. The molecule has 2 atom stereocenters. The molecule has 0 aliphatic heterocycles. The first-order chi connectivity index (χ1) is 21.9. The molecule has 240 valence electrons. The fraction of sp³-hybridized carbons (Fsp3) is 0.222. The SMILES string of the molecule is O=C1c2ccccc2C(=O)C1C(=O)C(c1ccccc1)c1ccccc1.O=[N+]([O-])OC[C@H](O[N+](=O)[O-])[C@@H](CO[N+](=O)[O-])O[N+](=O)[O-]. The van der Waals surface area contributed by atoms with E-state index in [9.17, 15) is 54.8 Å². The van der Waals surface area contributed by atoms with Crippen molar-refractivity contribution in [1.29, 1.82) is 0 Å². The fourth-order valence-electron chi connectivity index (χ4n) is 4.48. The molecule has 0 fully saturated rings. The van der Waals surface area contributed by atoms with E-state index in [-0.39, 0.29) is 5.78 Å². The predicted molar refractivity (Wildman–Crippen MR) is 148 cm³/mol. The van der Waals surface area contributed by atoms with E-state index >= 15 is 0 Å². The van der Waals surface area contributed by atoms with Crippen molar-refractivity contribution in [3.63, 3.8) is 0 Å². The van der Waals surface area contributed by atoms with Crippen LogP contribution in [0, 0.1) is 46.4 Å². The molecule has 0 spiro atoms. The van der Waals surface area contributed by atoms with Crippen LogP contribution in [-0.2, 0) is 24.1 Å². The van der Waals surface area contributed by atoms with E-state index in [1.807, 2.05) is 60.7 Å². The number of nitrogens with zero attached hydrogens (tertiary/aromatic N) is 4. The molecule has 3 aromatic rings. The summed E-state index contributed by atoms with van der Waals surface area (Å²) in [5.41, 5.74) is 2.24. The van der Waals surface area contributed by atoms with E-state index in [1.165, 1.54) is 0 Å². The second-order valence-electron chi connectivity index (χ2n) is 9.14. The van der Waals surface area contributed by atoms with Crippen molar-refractivity contribution in [1.82, 2.24) is 0 Å². The maximum atomic E-state index is 13.4. The highest BCUT2D eigenvalue weighted by Gasteiger charge is 2.45. The van der Waals surface area contributed by atoms with Crippen molar-refractivity contribution in [3.05, 3.63) is 148 Å². The summed E-state index contributed by atoms with van der Waals surface area (Å²) >= 11 is 0. The Balaban J connectivity index is 0.000000262. The summed E-state index contributed by atoms with van der Waals surface area (Å²) in [7, 11) is 0. The molecule has 0 bridgehead atoms. The Labute approximate surface area is 256 Å². The third-order valence-corrected chi connectivity index (χ3v) is 6.36. The average molecular weight is 642 g/mol. The predicted octanol–water partition coefficient (Wildman–Crippen LogP) is 2.64. The molecule has 19 nitrogen and oxygen atoms in total. The molecule has 46 heavy (non-hydrogen) atoms. The maximum absolute atomic E-state index is 13.4. The summed E-state index contributed by atoms with van der Waals surface area (Å²) in [4.78, 5) is 94.3. The Morgan fingerprint density at radius 2 is 0.935 bits per heavy atom. The van der Waals surface area contributed by atoms with Gasteiger partial charge in [0.2, 0.25) is 0 Å². The van der Waals surface area contributed by atoms with Gasteiger partial charge in [0.1, 0.15) is 19.1 Å². The molecule has 0 saturated carbocycles. The fourth-order valence-corrected chi connectivity index (χ4v) is 4.48. The van der Waals surface area contributed by atoms with Gasteiger partial charge in [-0.05, 0) is 11.1 Å². The molecule has 1 aliphatic rings. The second kappa shape index (κ2) is 15.8. The van der Waals surface area contributed by atoms with Gasteiger partial charge in [-0.1, -0.05) is 84.9 Å². The monoisotopic (exact) mass is 642 g/mol. The zero-order valence-electron chi connectivity index (χ0n) is 23.2. The number of carbonyl (C=O) groups excluding carboxylic acids is 3. The minimum atomic E-state index is -2.00. The number of rotatable bonds is 15. The molecule has 0 aromatic heterocycles. The van der Waals surface area contributed by atoms with Crippen LogP contribution in [0.2, 0.25) is 0 Å². The maximum Gasteiger partial charge on any atom is 0.294 e. The van der Waals surface area contributed by atoms with Crippen molar-refractivity contribution < 1.29 is 54.1 Å². The van der Waals surface area contributed by atoms with E-state index in [2.05, 4.69) is 19.4 Å². The third-order valence-electron chi connectivity index (χ3n) is 6.36. The van der Waals surface area contributed by atoms with Gasteiger partial charge in [-0.2, -0.15) is 0 Å². The van der Waals surface area contributed by atoms with E-state index in [0.29, 0.717) is 11.1 Å². The lowest BCUT2D eigenvalue weighted by Gasteiger charge is -2.21. The van der Waals surface area contributed by atoms with E-state index in [4.69, 9.17) is 0 Å². The minimum absolute atomic E-state index is 0.343. The third kappa shape index (κ3) is 8.99. The number of ketones is 3. The molecule has 0 heterocycles. The lowest BCUT2D eigenvalue weighted by molar-refractivity contribution is -0.818. The normalized spacial score (nSPS) is 13.3. The Hall–Kier alpha value is -6.53. The Bertz CT molecular complexity index is 1490. The summed E-state index contributed by atoms with van der Waals surface area (Å²) in [6.07, 6.45) is -4.00. The van der Waals surface area contributed by atoms with Crippen molar-refractivity contribution >= 4 is 17.3 Å². The standard InChI is InChI=1S/C23H16O3.C4H6N4O12/c24-21-17-13-7-8-14-18(17)22(25)20(21)23(26)19(15-9-3-1-4-10-15)16-11-5-2-6-12-16;9-5(10)17-1-3(19-7(13)14)4(20-8(15)16)2-18-6(11)12/h1-14,19-20H;3-4H,1-2H2/t;3-,4+. The smallest absolute Gasteiger partial charge is 0.294 e. The molecule has 0 N–H and O–H groups in total. The van der Waals surface area contributed by atoms with Gasteiger partial charge in [-0.3, -0.25) is 14.4 Å². The van der Waals surface area contributed by atoms with Crippen LogP contribution in [0.15, 0.2) is 84.9 Å². The van der Waals surface area contributed by atoms with Gasteiger partial charge in [-0.15, -0.1) is 40.5 Å². The highest BCUT2D eigenvalue weighted by molar-refractivity contribution is 6.36. The van der Waals surface area contributed by atoms with Crippen LogP contribution in [0.3, 0.4) is 0 Å². The lowest BCUT2D eigenvalue weighted by atomic mass is 9.80. The van der Waals surface area contributed by atoms with E-state index in [0.717, 1.165) is 11.1 Å². The quantitative estimate of drug-likeness (QED) is 0.131. The van der Waals surface area contributed by atoms with Crippen molar-refractivity contribution in [2.75, 3.05) is 13.2 Å². The average Bonchev–Trinajstić information content (AvgIpc) is 3.27.